The third-order valence-electron chi connectivity index (χ3n) is 11.3. The number of benzene rings is 3. The van der Waals surface area contributed by atoms with E-state index in [9.17, 15) is 28.8 Å². The molecule has 0 aliphatic heterocycles. The normalized spacial score (nSPS) is 17.4. The molecule has 4 aromatic rings. The van der Waals surface area contributed by atoms with Gasteiger partial charge >= 0.3 is 0 Å². The monoisotopic (exact) mass is 848 g/mol. The van der Waals surface area contributed by atoms with Crippen LogP contribution < -0.4 is 43.8 Å². The number of rotatable bonds is 22. The van der Waals surface area contributed by atoms with Crippen molar-refractivity contribution < 1.29 is 28.8 Å². The second-order valence-corrected chi connectivity index (χ2v) is 16.0. The Kier molecular flexibility index (Phi) is 17.0. The first-order chi connectivity index (χ1) is 29.9. The Bertz CT molecular complexity index is 2160. The number of hydrogen-bond donors (Lipinski definition) is 9. The zero-order chi connectivity index (χ0) is 44.5. The first-order valence-electron chi connectivity index (χ1n) is 21.4. The Morgan fingerprint density at radius 1 is 0.758 bits per heavy atom. The number of unbranched alkanes of at least 4 members (excludes halogenated alkanes) is 1. The van der Waals surface area contributed by atoms with Crippen LogP contribution in [0, 0.1) is 0 Å². The SMILES string of the molecule is CCCCC(=O)NC1(C(=O)N[C@H](Cc2ccccc2)C(=O)N[C@@H](CCCN=C(N)N)C(=O)N[C@@H](Cc2c[nH]c3ccccc23)C(=O)NCC(N)=O)CCC(c2ccccc2)CC1. The topological polar surface area (TPSA) is 269 Å². The van der Waals surface area contributed by atoms with Gasteiger partial charge in [-0.3, -0.25) is 33.8 Å². The van der Waals surface area contributed by atoms with Crippen LogP contribution in [0.2, 0.25) is 0 Å². The number of aliphatic imine (C=N–C) groups is 1. The third-order valence-corrected chi connectivity index (χ3v) is 11.3. The molecule has 16 heteroatoms. The molecule has 0 saturated heterocycles. The van der Waals surface area contributed by atoms with Crippen LogP contribution in [-0.2, 0) is 41.6 Å². The van der Waals surface area contributed by atoms with E-state index in [1.807, 2.05) is 79.7 Å². The quantitative estimate of drug-likeness (QED) is 0.0321. The fourth-order valence-electron chi connectivity index (χ4n) is 7.94. The van der Waals surface area contributed by atoms with Gasteiger partial charge in [0.15, 0.2) is 5.96 Å². The third kappa shape index (κ3) is 13.4. The minimum atomic E-state index is -1.27. The second-order valence-electron chi connectivity index (χ2n) is 16.0. The summed E-state index contributed by atoms with van der Waals surface area (Å²) >= 11 is 0. The van der Waals surface area contributed by atoms with E-state index in [0.717, 1.165) is 28.5 Å². The number of H-pyrrole nitrogens is 1. The number of primary amides is 1. The molecular weight excluding hydrogens is 789 g/mol. The molecule has 3 atom stereocenters. The van der Waals surface area contributed by atoms with Gasteiger partial charge in [0.2, 0.25) is 35.4 Å². The molecule has 6 amide bonds. The van der Waals surface area contributed by atoms with E-state index in [0.29, 0.717) is 32.1 Å². The summed E-state index contributed by atoms with van der Waals surface area (Å²) < 4.78 is 0. The summed E-state index contributed by atoms with van der Waals surface area (Å²) in [5.41, 5.74) is 18.6. The Labute approximate surface area is 362 Å². The number of fused-ring (bicyclic) bond motifs is 1. The maximum absolute atomic E-state index is 14.6. The highest BCUT2D eigenvalue weighted by molar-refractivity contribution is 5.98. The van der Waals surface area contributed by atoms with E-state index < -0.39 is 59.7 Å². The van der Waals surface area contributed by atoms with Crippen LogP contribution in [0.25, 0.3) is 10.9 Å². The summed E-state index contributed by atoms with van der Waals surface area (Å²) in [6.45, 7) is 1.69. The van der Waals surface area contributed by atoms with E-state index in [1.54, 1.807) is 6.20 Å². The Morgan fingerprint density at radius 2 is 1.39 bits per heavy atom. The number of guanidine groups is 1. The Hall–Kier alpha value is -6.71. The second kappa shape index (κ2) is 22.8. The lowest BCUT2D eigenvalue weighted by Crippen LogP contribution is -2.64. The molecule has 1 aromatic heterocycles. The number of nitrogens with zero attached hydrogens (tertiary/aromatic N) is 1. The summed E-state index contributed by atoms with van der Waals surface area (Å²) in [5, 5.41) is 15.0. The van der Waals surface area contributed by atoms with Gasteiger partial charge in [-0.25, -0.2) is 0 Å². The van der Waals surface area contributed by atoms with Gasteiger partial charge in [-0.15, -0.1) is 0 Å². The molecule has 1 heterocycles. The fourth-order valence-corrected chi connectivity index (χ4v) is 7.94. The van der Waals surface area contributed by atoms with Gasteiger partial charge in [0.1, 0.15) is 23.7 Å². The maximum Gasteiger partial charge on any atom is 0.246 e. The zero-order valence-electron chi connectivity index (χ0n) is 35.3. The molecule has 1 fully saturated rings. The van der Waals surface area contributed by atoms with Gasteiger partial charge in [0, 0.05) is 42.9 Å². The molecule has 3 aromatic carbocycles. The van der Waals surface area contributed by atoms with Crippen molar-refractivity contribution in [2.24, 2.45) is 22.2 Å². The van der Waals surface area contributed by atoms with Crippen LogP contribution in [0.4, 0.5) is 0 Å². The average molecular weight is 849 g/mol. The van der Waals surface area contributed by atoms with Crippen molar-refractivity contribution in [1.29, 1.82) is 0 Å². The lowest BCUT2D eigenvalue weighted by molar-refractivity contribution is -0.138. The number of carbonyl (C=O) groups excluding carboxylic acids is 6. The van der Waals surface area contributed by atoms with E-state index >= 15 is 0 Å². The van der Waals surface area contributed by atoms with Gasteiger partial charge < -0.3 is 48.8 Å². The van der Waals surface area contributed by atoms with Crippen LogP contribution in [0.1, 0.15) is 87.3 Å². The molecule has 330 valence electrons. The molecule has 16 nitrogen and oxygen atoms in total. The van der Waals surface area contributed by atoms with Crippen molar-refractivity contribution in [2.45, 2.75) is 107 Å². The highest BCUT2D eigenvalue weighted by Gasteiger charge is 2.44. The molecular formula is C46H60N10O6. The van der Waals surface area contributed by atoms with Crippen LogP contribution in [-0.4, -0.2) is 83.1 Å². The molecule has 0 radical (unpaired) electrons. The van der Waals surface area contributed by atoms with Gasteiger partial charge in [0.05, 0.1) is 6.54 Å². The number of aromatic nitrogens is 1. The largest absolute Gasteiger partial charge is 0.370 e. The molecule has 12 N–H and O–H groups in total. The highest BCUT2D eigenvalue weighted by Crippen LogP contribution is 2.38. The molecule has 62 heavy (non-hydrogen) atoms. The summed E-state index contributed by atoms with van der Waals surface area (Å²) in [5.74, 6) is -3.42. The van der Waals surface area contributed by atoms with Crippen molar-refractivity contribution in [3.05, 3.63) is 108 Å². The molecule has 1 saturated carbocycles. The highest BCUT2D eigenvalue weighted by atomic mass is 16.2. The first-order valence-corrected chi connectivity index (χ1v) is 21.4. The van der Waals surface area contributed by atoms with E-state index in [2.05, 4.69) is 48.7 Å². The lowest BCUT2D eigenvalue weighted by Gasteiger charge is -2.40. The minimum Gasteiger partial charge on any atom is -0.370 e. The average Bonchev–Trinajstić information content (AvgIpc) is 3.68. The molecule has 0 unspecified atom stereocenters. The predicted octanol–water partition coefficient (Wildman–Crippen LogP) is 2.47. The van der Waals surface area contributed by atoms with E-state index in [1.165, 1.54) is 5.56 Å². The molecule has 0 spiro atoms. The Morgan fingerprint density at radius 3 is 2.06 bits per heavy atom. The number of para-hydroxylation sites is 1. The number of hydrogen-bond acceptors (Lipinski definition) is 7. The van der Waals surface area contributed by atoms with Crippen molar-refractivity contribution >= 4 is 52.3 Å². The van der Waals surface area contributed by atoms with E-state index in [-0.39, 0.29) is 56.4 Å². The van der Waals surface area contributed by atoms with E-state index in [4.69, 9.17) is 17.2 Å². The van der Waals surface area contributed by atoms with Gasteiger partial charge in [-0.2, -0.15) is 0 Å². The van der Waals surface area contributed by atoms with Gasteiger partial charge in [-0.1, -0.05) is 92.2 Å². The van der Waals surface area contributed by atoms with Crippen LogP contribution in [0.15, 0.2) is 96.1 Å². The number of nitrogens with two attached hydrogens (primary N) is 3. The predicted molar refractivity (Wildman–Crippen MR) is 238 cm³/mol. The van der Waals surface area contributed by atoms with Gasteiger partial charge in [0.25, 0.3) is 0 Å². The summed E-state index contributed by atoms with van der Waals surface area (Å²) in [6, 6.07) is 23.1. The smallest absolute Gasteiger partial charge is 0.246 e. The standard InChI is InChI=1S/C46H60N10O6/c1-2-3-20-40(58)56-46(23-21-32(22-24-46)31-15-8-5-9-16-31)44(62)55-37(26-30-13-6-4-7-14-30)43(61)53-36(19-12-25-50-45(48)49)42(60)54-38(41(59)52-29-39(47)57)27-33-28-51-35-18-11-10-17-34(33)35/h4-11,13-18,28,32,36-38,51H,2-3,12,19-27,29H2,1H3,(H2,47,57)(H,52,59)(H,53,61)(H,54,60)(H,55,62)(H,56,58)(H4,48,49,50)/t32?,36-,37+,38-,46?/m0/s1. The van der Waals surface area contributed by atoms with Crippen molar-refractivity contribution in [3.63, 3.8) is 0 Å². The number of aromatic amines is 1. The van der Waals surface area contributed by atoms with Crippen molar-refractivity contribution in [2.75, 3.05) is 13.1 Å². The van der Waals surface area contributed by atoms with Crippen LogP contribution in [0.3, 0.4) is 0 Å². The van der Waals surface area contributed by atoms with Crippen molar-refractivity contribution in [1.82, 2.24) is 31.6 Å². The first kappa shape index (κ1) is 46.4. The molecule has 1 aliphatic rings. The van der Waals surface area contributed by atoms with Crippen molar-refractivity contribution in [3.8, 4) is 0 Å². The molecule has 1 aliphatic carbocycles. The minimum absolute atomic E-state index is 0.0406. The maximum atomic E-state index is 14.6. The number of carbonyl (C=O) groups is 6. The summed E-state index contributed by atoms with van der Waals surface area (Å²) in [6.07, 6.45) is 5.93. The summed E-state index contributed by atoms with van der Waals surface area (Å²) in [4.78, 5) is 89.1. The summed E-state index contributed by atoms with van der Waals surface area (Å²) in [7, 11) is 0. The number of nitrogens with one attached hydrogen (secondary N) is 6. The van der Waals surface area contributed by atoms with Crippen LogP contribution >= 0.6 is 0 Å². The van der Waals surface area contributed by atoms with Gasteiger partial charge in [-0.05, 0) is 73.6 Å². The Balaban J connectivity index is 1.41. The zero-order valence-corrected chi connectivity index (χ0v) is 35.3. The lowest BCUT2D eigenvalue weighted by atomic mass is 9.73. The fraction of sp³-hybridized carbons (Fsp3) is 0.413. The molecule has 5 rings (SSSR count). The molecule has 0 bridgehead atoms. The van der Waals surface area contributed by atoms with Crippen LogP contribution in [0.5, 0.6) is 0 Å². The number of amides is 6.